The lowest BCUT2D eigenvalue weighted by Gasteiger charge is -2.28. The number of ether oxygens (including phenoxy) is 2. The van der Waals surface area contributed by atoms with E-state index in [0.29, 0.717) is 47.8 Å². The second-order valence-corrected chi connectivity index (χ2v) is 10.2. The number of likely N-dealkylation sites (N-methyl/N-ethyl adjacent to an activating group) is 1. The Labute approximate surface area is 228 Å². The van der Waals surface area contributed by atoms with Gasteiger partial charge in [-0.1, -0.05) is 18.2 Å². The average molecular weight is 553 g/mol. The Bertz CT molecular complexity index is 1520. The number of nitrogens with one attached hydrogen (secondary N) is 1. The number of amides is 1. The van der Waals surface area contributed by atoms with Gasteiger partial charge in [0.1, 0.15) is 17.8 Å². The van der Waals surface area contributed by atoms with Gasteiger partial charge in [-0.2, -0.15) is 13.2 Å². The number of anilines is 2. The van der Waals surface area contributed by atoms with Crippen molar-refractivity contribution in [2.75, 3.05) is 23.8 Å². The number of rotatable bonds is 6. The molecule has 0 atom stereocenters. The van der Waals surface area contributed by atoms with E-state index in [9.17, 15) is 27.9 Å². The van der Waals surface area contributed by atoms with Gasteiger partial charge in [-0.3, -0.25) is 9.59 Å². The number of fused-ring (bicyclic) bond motifs is 1. The molecule has 2 aliphatic rings. The summed E-state index contributed by atoms with van der Waals surface area (Å²) in [6, 6.07) is 13.9. The topological polar surface area (TPSA) is 88.1 Å². The third-order valence-electron chi connectivity index (χ3n) is 7.26. The predicted molar refractivity (Wildman–Crippen MR) is 143 cm³/mol. The van der Waals surface area contributed by atoms with Crippen LogP contribution in [-0.4, -0.2) is 30.6 Å². The predicted octanol–water partition coefficient (Wildman–Crippen LogP) is 6.44. The summed E-state index contributed by atoms with van der Waals surface area (Å²) in [6.45, 7) is 3.81. The molecule has 1 aliphatic carbocycles. The first-order valence-corrected chi connectivity index (χ1v) is 12.6. The number of benzene rings is 3. The molecule has 0 radical (unpaired) electrons. The highest BCUT2D eigenvalue weighted by atomic mass is 19.4. The Morgan fingerprint density at radius 1 is 1.07 bits per heavy atom. The van der Waals surface area contributed by atoms with E-state index >= 15 is 0 Å². The quantitative estimate of drug-likeness (QED) is 0.342. The number of aryl methyl sites for hydroxylation is 2. The zero-order chi connectivity index (χ0) is 28.8. The number of para-hydroxylation sites is 2. The second kappa shape index (κ2) is 9.93. The van der Waals surface area contributed by atoms with Crippen LogP contribution >= 0.6 is 0 Å². The van der Waals surface area contributed by atoms with Crippen molar-refractivity contribution in [2.24, 2.45) is 0 Å². The monoisotopic (exact) mass is 552 g/mol. The first kappa shape index (κ1) is 27.1. The van der Waals surface area contributed by atoms with Gasteiger partial charge in [-0.15, -0.1) is 0 Å². The molecule has 10 heteroatoms. The molecular weight excluding hydrogens is 525 g/mol. The zero-order valence-electron chi connectivity index (χ0n) is 22.1. The third-order valence-corrected chi connectivity index (χ3v) is 7.26. The molecule has 208 valence electrons. The lowest BCUT2D eigenvalue weighted by Crippen LogP contribution is -2.27. The maximum absolute atomic E-state index is 13.8. The van der Waals surface area contributed by atoms with Crippen molar-refractivity contribution in [3.8, 4) is 11.5 Å². The Hall–Kier alpha value is -4.47. The molecule has 3 aromatic carbocycles. The van der Waals surface area contributed by atoms with E-state index in [1.54, 1.807) is 26.0 Å². The average Bonchev–Trinajstić information content (AvgIpc) is 3.69. The van der Waals surface area contributed by atoms with Crippen LogP contribution in [0, 0.1) is 13.8 Å². The molecule has 1 saturated carbocycles. The van der Waals surface area contributed by atoms with Gasteiger partial charge in [-0.05, 0) is 79.8 Å². The highest BCUT2D eigenvalue weighted by Gasteiger charge is 2.52. The van der Waals surface area contributed by atoms with Crippen LogP contribution in [0.25, 0.3) is 0 Å². The molecular formula is C30H27F3N2O5. The van der Waals surface area contributed by atoms with Crippen molar-refractivity contribution in [3.63, 3.8) is 0 Å². The van der Waals surface area contributed by atoms with E-state index in [0.717, 1.165) is 17.8 Å². The van der Waals surface area contributed by atoms with E-state index < -0.39 is 34.7 Å². The molecule has 0 aromatic heterocycles. The minimum atomic E-state index is -4.74. The number of carbonyl (C=O) groups is 2. The maximum Gasteiger partial charge on any atom is 0.418 e. The molecule has 3 aromatic rings. The van der Waals surface area contributed by atoms with Crippen molar-refractivity contribution in [1.82, 2.24) is 0 Å². The lowest BCUT2D eigenvalue weighted by molar-refractivity contribution is -0.140. The van der Waals surface area contributed by atoms with Gasteiger partial charge in [-0.25, -0.2) is 0 Å². The molecule has 40 heavy (non-hydrogen) atoms. The number of nitrogens with zero attached hydrogens (tertiary/aromatic N) is 1. The van der Waals surface area contributed by atoms with Gasteiger partial charge in [0.15, 0.2) is 5.76 Å². The van der Waals surface area contributed by atoms with E-state index in [4.69, 9.17) is 9.47 Å². The van der Waals surface area contributed by atoms with Gasteiger partial charge in [0.2, 0.25) is 0 Å². The summed E-state index contributed by atoms with van der Waals surface area (Å²) < 4.78 is 53.0. The molecule has 0 saturated heterocycles. The van der Waals surface area contributed by atoms with E-state index in [1.165, 1.54) is 12.3 Å². The fraction of sp³-hybridized carbons (Fsp3) is 0.267. The fourth-order valence-electron chi connectivity index (χ4n) is 5.02. The lowest BCUT2D eigenvalue weighted by atomic mass is 9.93. The van der Waals surface area contributed by atoms with Gasteiger partial charge in [0.25, 0.3) is 5.91 Å². The van der Waals surface area contributed by atoms with Gasteiger partial charge in [0, 0.05) is 12.6 Å². The second-order valence-electron chi connectivity index (χ2n) is 10.2. The minimum Gasteiger partial charge on any atom is -0.481 e. The Morgan fingerprint density at radius 2 is 1.75 bits per heavy atom. The number of halogens is 3. The molecule has 2 N–H and O–H groups in total. The standard InChI is InChI=1S/C30H27F3N2O5/c1-17-12-20(39-16-21-15-35(3)24-6-4-5-7-25(24)40-21)13-18(2)26(17)27(36)34-23-14-19(29(10-11-29)28(37)38)8-9-22(23)30(31,32)33/h4-9,12-14,16H,10-11,15H2,1-3H3,(H,34,36)(H,37,38)/b21-16+. The summed E-state index contributed by atoms with van der Waals surface area (Å²) in [7, 11) is 1.93. The molecule has 1 aliphatic heterocycles. The number of carbonyl (C=O) groups excluding carboxylic acids is 1. The zero-order valence-corrected chi connectivity index (χ0v) is 22.1. The van der Waals surface area contributed by atoms with Crippen LogP contribution in [0.4, 0.5) is 24.5 Å². The first-order chi connectivity index (χ1) is 18.9. The van der Waals surface area contributed by atoms with Crippen LogP contribution in [0.3, 0.4) is 0 Å². The van der Waals surface area contributed by atoms with Crippen LogP contribution in [0.1, 0.15) is 45.5 Å². The Kier molecular flexibility index (Phi) is 6.73. The van der Waals surface area contributed by atoms with Gasteiger partial charge in [0.05, 0.1) is 28.9 Å². The summed E-state index contributed by atoms with van der Waals surface area (Å²) in [4.78, 5) is 27.0. The van der Waals surface area contributed by atoms with Crippen molar-refractivity contribution < 1.29 is 37.3 Å². The number of hydrogen-bond acceptors (Lipinski definition) is 5. The number of hydrogen-bond donors (Lipinski definition) is 2. The molecule has 0 spiro atoms. The van der Waals surface area contributed by atoms with Crippen LogP contribution < -0.4 is 19.7 Å². The fourth-order valence-corrected chi connectivity index (χ4v) is 5.02. The molecule has 5 rings (SSSR count). The summed E-state index contributed by atoms with van der Waals surface area (Å²) >= 11 is 0. The van der Waals surface area contributed by atoms with Crippen molar-refractivity contribution in [2.45, 2.75) is 38.3 Å². The number of carboxylic acid groups (broad SMARTS) is 1. The van der Waals surface area contributed by atoms with Crippen molar-refractivity contribution >= 4 is 23.3 Å². The minimum absolute atomic E-state index is 0.195. The molecule has 1 fully saturated rings. The number of aliphatic carboxylic acids is 1. The van der Waals surface area contributed by atoms with E-state index in [-0.39, 0.29) is 11.1 Å². The smallest absolute Gasteiger partial charge is 0.418 e. The molecule has 0 bridgehead atoms. The highest BCUT2D eigenvalue weighted by Crippen LogP contribution is 2.50. The van der Waals surface area contributed by atoms with Gasteiger partial charge >= 0.3 is 12.1 Å². The normalized spacial score (nSPS) is 16.6. The van der Waals surface area contributed by atoms with Gasteiger partial charge < -0.3 is 24.8 Å². The Morgan fingerprint density at radius 3 is 2.38 bits per heavy atom. The van der Waals surface area contributed by atoms with Crippen LogP contribution in [0.5, 0.6) is 11.5 Å². The summed E-state index contributed by atoms with van der Waals surface area (Å²) in [5.41, 5.74) is -0.388. The molecule has 7 nitrogen and oxygen atoms in total. The van der Waals surface area contributed by atoms with Crippen LogP contribution in [-0.2, 0) is 16.4 Å². The molecule has 1 heterocycles. The van der Waals surface area contributed by atoms with Crippen molar-refractivity contribution in [3.05, 3.63) is 94.4 Å². The number of carboxylic acids is 1. The first-order valence-electron chi connectivity index (χ1n) is 12.6. The van der Waals surface area contributed by atoms with E-state index in [2.05, 4.69) is 5.32 Å². The third kappa shape index (κ3) is 5.09. The van der Waals surface area contributed by atoms with Crippen LogP contribution in [0.2, 0.25) is 0 Å². The number of alkyl halides is 3. The summed E-state index contributed by atoms with van der Waals surface area (Å²) in [5.74, 6) is -0.136. The summed E-state index contributed by atoms with van der Waals surface area (Å²) in [5, 5.41) is 12.0. The maximum atomic E-state index is 13.8. The largest absolute Gasteiger partial charge is 0.481 e. The molecule has 1 amide bonds. The highest BCUT2D eigenvalue weighted by molar-refractivity contribution is 6.07. The van der Waals surface area contributed by atoms with E-state index in [1.807, 2.05) is 36.2 Å². The van der Waals surface area contributed by atoms with Crippen LogP contribution in [0.15, 0.2) is 66.6 Å². The van der Waals surface area contributed by atoms with Crippen molar-refractivity contribution in [1.29, 1.82) is 0 Å². The molecule has 0 unspecified atom stereocenters. The summed E-state index contributed by atoms with van der Waals surface area (Å²) in [6.07, 6.45) is -2.61. The SMILES string of the molecule is Cc1cc(O/C=C2\CN(C)c3ccccc3O2)cc(C)c1C(=O)Nc1cc(C2(C(=O)O)CC2)ccc1C(F)(F)F. The Balaban J connectivity index is 1.38.